The van der Waals surface area contributed by atoms with Gasteiger partial charge in [0, 0.05) is 37.7 Å². The Kier molecular flexibility index (Phi) is 6.23. The molecule has 0 aliphatic heterocycles. The smallest absolute Gasteiger partial charge is 0.312 e. The zero-order valence-electron chi connectivity index (χ0n) is 24.6. The number of thiazole rings is 1. The predicted octanol–water partition coefficient (Wildman–Crippen LogP) is 3.70. The second-order valence-corrected chi connectivity index (χ2v) is 14.2. The van der Waals surface area contributed by atoms with Crippen LogP contribution in [0.25, 0.3) is 0 Å². The van der Waals surface area contributed by atoms with Crippen LogP contribution in [0.15, 0.2) is 5.38 Å². The van der Waals surface area contributed by atoms with Crippen molar-refractivity contribution in [1.82, 2.24) is 15.2 Å². The van der Waals surface area contributed by atoms with E-state index in [4.69, 9.17) is 9.47 Å². The van der Waals surface area contributed by atoms with E-state index in [-0.39, 0.29) is 52.5 Å². The van der Waals surface area contributed by atoms with Gasteiger partial charge in [-0.1, -0.05) is 41.0 Å². The van der Waals surface area contributed by atoms with Crippen LogP contribution in [-0.2, 0) is 23.9 Å². The molecule has 6 saturated carbocycles. The Morgan fingerprint density at radius 3 is 2.17 bits per heavy atom. The molecular weight excluding hydrogens is 530 g/mol. The van der Waals surface area contributed by atoms with Gasteiger partial charge in [0.1, 0.15) is 10.7 Å². The summed E-state index contributed by atoms with van der Waals surface area (Å²) in [6.45, 7) is 11.6. The molecule has 1 N–H and O–H groups in total. The minimum atomic E-state index is -0.658. The Balaban J connectivity index is 1.13. The predicted molar refractivity (Wildman–Crippen MR) is 147 cm³/mol. The van der Waals surface area contributed by atoms with Gasteiger partial charge in [0.25, 0.3) is 5.91 Å². The molecule has 0 bridgehead atoms. The number of carbonyl (C=O) groups is 4. The number of esters is 2. The minimum Gasteiger partial charge on any atom is -0.469 e. The summed E-state index contributed by atoms with van der Waals surface area (Å²) in [5.74, 6) is 1.95. The second kappa shape index (κ2) is 9.00. The SMILES string of the molecule is CC[C@H](C)[C@H](C)C(=O)N(C)[C@H](C[C@@H](OC(C)=O)c1nc(C(=O)NC23C4C5C2C2C3C4C52C(=O)OC)cs1)C(C)C. The maximum Gasteiger partial charge on any atom is 0.312 e. The third-order valence-electron chi connectivity index (χ3n) is 11.8. The molecule has 9 nitrogen and oxygen atoms in total. The van der Waals surface area contributed by atoms with Crippen molar-refractivity contribution in [3.8, 4) is 0 Å². The lowest BCUT2D eigenvalue weighted by atomic mass is 8.94. The first-order valence-corrected chi connectivity index (χ1v) is 15.6. The van der Waals surface area contributed by atoms with Crippen molar-refractivity contribution in [2.24, 2.45) is 58.7 Å². The van der Waals surface area contributed by atoms with Crippen LogP contribution >= 0.6 is 11.3 Å². The third-order valence-corrected chi connectivity index (χ3v) is 12.7. The van der Waals surface area contributed by atoms with Crippen LogP contribution in [0.3, 0.4) is 0 Å². The molecular formula is C30H41N3O6S. The molecule has 0 aromatic carbocycles. The van der Waals surface area contributed by atoms with Gasteiger partial charge in [0.05, 0.1) is 18.1 Å². The summed E-state index contributed by atoms with van der Waals surface area (Å²) in [5.41, 5.74) is -0.0751. The summed E-state index contributed by atoms with van der Waals surface area (Å²) < 4.78 is 10.8. The van der Waals surface area contributed by atoms with E-state index in [1.165, 1.54) is 25.4 Å². The number of nitrogens with zero attached hydrogens (tertiary/aromatic N) is 2. The highest BCUT2D eigenvalue weighted by atomic mass is 32.1. The largest absolute Gasteiger partial charge is 0.469 e. The number of hydrogen-bond donors (Lipinski definition) is 1. The van der Waals surface area contributed by atoms with E-state index >= 15 is 0 Å². The van der Waals surface area contributed by atoms with Gasteiger partial charge in [0.15, 0.2) is 6.10 Å². The van der Waals surface area contributed by atoms with Gasteiger partial charge in [-0.25, -0.2) is 4.98 Å². The first-order valence-electron chi connectivity index (χ1n) is 14.7. The van der Waals surface area contributed by atoms with Crippen molar-refractivity contribution in [3.05, 3.63) is 16.1 Å². The number of methoxy groups -OCH3 is 1. The average Bonchev–Trinajstić information content (AvgIpc) is 3.43. The molecule has 6 aliphatic rings. The van der Waals surface area contributed by atoms with Crippen molar-refractivity contribution < 1.29 is 28.7 Å². The molecule has 40 heavy (non-hydrogen) atoms. The van der Waals surface area contributed by atoms with Crippen molar-refractivity contribution in [3.63, 3.8) is 0 Å². The van der Waals surface area contributed by atoms with Crippen molar-refractivity contribution in [2.75, 3.05) is 14.2 Å². The molecule has 0 saturated heterocycles. The lowest BCUT2D eigenvalue weighted by molar-refractivity contribution is -0.609. The summed E-state index contributed by atoms with van der Waals surface area (Å²) in [6.07, 6.45) is 0.664. The quantitative estimate of drug-likeness (QED) is 0.381. The Hall–Kier alpha value is -2.49. The van der Waals surface area contributed by atoms with Crippen LogP contribution in [-0.4, -0.2) is 59.4 Å². The van der Waals surface area contributed by atoms with Crippen LogP contribution in [0.4, 0.5) is 0 Å². The van der Waals surface area contributed by atoms with Crippen molar-refractivity contribution >= 4 is 35.1 Å². The fourth-order valence-corrected chi connectivity index (χ4v) is 10.6. The van der Waals surface area contributed by atoms with E-state index in [9.17, 15) is 19.2 Å². The lowest BCUT2D eigenvalue weighted by Gasteiger charge is -3.09. The molecule has 6 aliphatic carbocycles. The van der Waals surface area contributed by atoms with Crippen LogP contribution in [0.5, 0.6) is 0 Å². The number of nitrogens with one attached hydrogen (secondary N) is 1. The standard InChI is InChI=1S/C30H41N3O6S/c1-9-13(4)14(5)27(36)33(7)17(12(2)3)10-18(39-15(6)34)26-31-16(11-40-26)25(35)32-30-22-19-23(30)21-24(30)20(22)29(19,21)28(37)38-8/h11-14,17-24H,9-10H2,1-8H3,(H,32,35)/t13-,14-,17+,18+,19?,20?,21?,22?,23?,24?,29?,30?/m0/s1. The molecule has 6 fully saturated rings. The zero-order chi connectivity index (χ0) is 29.0. The van der Waals surface area contributed by atoms with Crippen molar-refractivity contribution in [1.29, 1.82) is 0 Å². The molecule has 10 heteroatoms. The van der Waals surface area contributed by atoms with E-state index in [0.717, 1.165) is 6.42 Å². The first-order chi connectivity index (χ1) is 18.9. The summed E-state index contributed by atoms with van der Waals surface area (Å²) in [4.78, 5) is 57.5. The van der Waals surface area contributed by atoms with Gasteiger partial charge in [0.2, 0.25) is 5.91 Å². The Morgan fingerprint density at radius 2 is 1.68 bits per heavy atom. The minimum absolute atomic E-state index is 0.0575. The topological polar surface area (TPSA) is 115 Å². The van der Waals surface area contributed by atoms with E-state index < -0.39 is 12.1 Å². The van der Waals surface area contributed by atoms with Crippen LogP contribution in [0, 0.1) is 58.7 Å². The number of amides is 2. The normalized spacial score (nSPS) is 37.6. The molecule has 1 aromatic heterocycles. The van der Waals surface area contributed by atoms with Gasteiger partial charge in [-0.05, 0) is 47.3 Å². The number of carbonyl (C=O) groups excluding carboxylic acids is 4. The molecule has 0 unspecified atom stereocenters. The maximum atomic E-state index is 13.3. The molecule has 2 amide bonds. The Bertz CT molecular complexity index is 1220. The molecule has 1 aromatic rings. The van der Waals surface area contributed by atoms with E-state index in [2.05, 4.69) is 38.0 Å². The van der Waals surface area contributed by atoms with Gasteiger partial charge < -0.3 is 19.7 Å². The third kappa shape index (κ3) is 3.06. The highest BCUT2D eigenvalue weighted by Gasteiger charge is 3.12. The van der Waals surface area contributed by atoms with E-state index in [1.807, 2.05) is 14.0 Å². The monoisotopic (exact) mass is 571 g/mol. The van der Waals surface area contributed by atoms with Crippen LogP contribution in [0.1, 0.15) is 76.0 Å². The Labute approximate surface area is 239 Å². The van der Waals surface area contributed by atoms with Gasteiger partial charge in [-0.15, -0.1) is 11.3 Å². The molecule has 0 radical (unpaired) electrons. The molecule has 7 rings (SSSR count). The van der Waals surface area contributed by atoms with E-state index in [1.54, 1.807) is 10.3 Å². The van der Waals surface area contributed by atoms with Crippen LogP contribution in [0.2, 0.25) is 0 Å². The van der Waals surface area contributed by atoms with Crippen LogP contribution < -0.4 is 5.32 Å². The average molecular weight is 572 g/mol. The Morgan fingerprint density at radius 1 is 1.07 bits per heavy atom. The molecule has 0 spiro atoms. The summed E-state index contributed by atoms with van der Waals surface area (Å²) in [7, 11) is 3.30. The van der Waals surface area contributed by atoms with Crippen molar-refractivity contribution in [2.45, 2.75) is 72.1 Å². The fraction of sp³-hybridized carbons (Fsp3) is 0.767. The van der Waals surface area contributed by atoms with E-state index in [0.29, 0.717) is 52.6 Å². The van der Waals surface area contributed by atoms with Gasteiger partial charge >= 0.3 is 11.9 Å². The maximum absolute atomic E-state index is 13.3. The number of hydrogen-bond acceptors (Lipinski definition) is 8. The molecule has 218 valence electrons. The second-order valence-electron chi connectivity index (χ2n) is 13.3. The molecule has 4 atom stereocenters. The fourth-order valence-electron chi connectivity index (χ4n) is 9.74. The summed E-state index contributed by atoms with van der Waals surface area (Å²) >= 11 is 1.31. The van der Waals surface area contributed by atoms with Gasteiger partial charge in [-0.3, -0.25) is 19.2 Å². The zero-order valence-corrected chi connectivity index (χ0v) is 25.4. The summed E-state index contributed by atoms with van der Waals surface area (Å²) in [6, 6.07) is -0.169. The number of aromatic nitrogens is 1. The highest BCUT2D eigenvalue weighted by Crippen LogP contribution is 3.07. The number of ether oxygens (including phenoxy) is 2. The molecule has 1 heterocycles. The number of rotatable bonds is 12. The van der Waals surface area contributed by atoms with Gasteiger partial charge in [-0.2, -0.15) is 0 Å². The highest BCUT2D eigenvalue weighted by molar-refractivity contribution is 7.09. The summed E-state index contributed by atoms with van der Waals surface area (Å²) in [5, 5.41) is 5.58. The lowest BCUT2D eigenvalue weighted by Crippen LogP contribution is -3.16. The first kappa shape index (κ1) is 27.7.